The van der Waals surface area contributed by atoms with Crippen LogP contribution in [0.1, 0.15) is 6.42 Å². The van der Waals surface area contributed by atoms with Gasteiger partial charge in [0, 0.05) is 36.8 Å². The zero-order valence-electron chi connectivity index (χ0n) is 11.4. The molecule has 20 heavy (non-hydrogen) atoms. The first-order valence-corrected chi connectivity index (χ1v) is 7.38. The van der Waals surface area contributed by atoms with Crippen molar-refractivity contribution in [1.82, 2.24) is 4.90 Å². The first-order valence-electron chi connectivity index (χ1n) is 6.59. The standard InChI is InChI=1S/C14H19BrFNO3/c1-19-14-7-12(9-18)17(8-14)2-3-20-13-5-10(15)4-11(16)6-13/h4-6,12,14,18H,2-3,7-9H2,1H3/t12-,14+/m0/s1. The quantitative estimate of drug-likeness (QED) is 0.855. The molecule has 112 valence electrons. The summed E-state index contributed by atoms with van der Waals surface area (Å²) in [4.78, 5) is 2.14. The lowest BCUT2D eigenvalue weighted by molar-refractivity contribution is 0.105. The lowest BCUT2D eigenvalue weighted by Gasteiger charge is -2.22. The van der Waals surface area contributed by atoms with Crippen molar-refractivity contribution in [3.8, 4) is 5.75 Å². The molecule has 2 atom stereocenters. The van der Waals surface area contributed by atoms with Crippen LogP contribution in [-0.2, 0) is 4.74 Å². The average molecular weight is 348 g/mol. The molecular weight excluding hydrogens is 329 g/mol. The van der Waals surface area contributed by atoms with E-state index in [1.54, 1.807) is 13.2 Å². The largest absolute Gasteiger partial charge is 0.492 e. The number of likely N-dealkylation sites (tertiary alicyclic amines) is 1. The van der Waals surface area contributed by atoms with Gasteiger partial charge in [0.1, 0.15) is 18.2 Å². The molecule has 1 aromatic rings. The highest BCUT2D eigenvalue weighted by atomic mass is 79.9. The van der Waals surface area contributed by atoms with Crippen molar-refractivity contribution < 1.29 is 19.0 Å². The maximum absolute atomic E-state index is 13.2. The van der Waals surface area contributed by atoms with Crippen LogP contribution in [0, 0.1) is 5.82 Å². The molecule has 1 aromatic carbocycles. The van der Waals surface area contributed by atoms with Crippen LogP contribution < -0.4 is 4.74 Å². The molecule has 0 aromatic heterocycles. The van der Waals surface area contributed by atoms with Crippen LogP contribution in [0.3, 0.4) is 0 Å². The summed E-state index contributed by atoms with van der Waals surface area (Å²) >= 11 is 3.23. The summed E-state index contributed by atoms with van der Waals surface area (Å²) in [6, 6.07) is 4.59. The average Bonchev–Trinajstić information content (AvgIpc) is 2.80. The van der Waals surface area contributed by atoms with Crippen molar-refractivity contribution in [3.63, 3.8) is 0 Å². The molecule has 0 saturated carbocycles. The molecule has 0 radical (unpaired) electrons. The Kier molecular flexibility index (Phi) is 5.77. The third kappa shape index (κ3) is 4.15. The normalized spacial score (nSPS) is 23.2. The van der Waals surface area contributed by atoms with Crippen molar-refractivity contribution in [2.24, 2.45) is 0 Å². The fourth-order valence-electron chi connectivity index (χ4n) is 2.46. The molecule has 1 fully saturated rings. The minimum atomic E-state index is -0.330. The van der Waals surface area contributed by atoms with Crippen molar-refractivity contribution in [2.45, 2.75) is 18.6 Å². The lowest BCUT2D eigenvalue weighted by Crippen LogP contribution is -2.35. The molecule has 0 bridgehead atoms. The highest BCUT2D eigenvalue weighted by Crippen LogP contribution is 2.22. The monoisotopic (exact) mass is 347 g/mol. The Bertz CT molecular complexity index is 426. The molecule has 0 aliphatic carbocycles. The molecule has 1 aliphatic rings. The second-order valence-electron chi connectivity index (χ2n) is 4.88. The zero-order valence-corrected chi connectivity index (χ0v) is 13.0. The molecule has 0 amide bonds. The number of methoxy groups -OCH3 is 1. The summed E-state index contributed by atoms with van der Waals surface area (Å²) in [6.07, 6.45) is 0.994. The van der Waals surface area contributed by atoms with E-state index in [-0.39, 0.29) is 24.6 Å². The first-order chi connectivity index (χ1) is 9.62. The van der Waals surface area contributed by atoms with E-state index in [9.17, 15) is 9.50 Å². The number of halogens is 2. The Morgan fingerprint density at radius 3 is 2.90 bits per heavy atom. The van der Waals surface area contributed by atoms with Crippen molar-refractivity contribution >= 4 is 15.9 Å². The van der Waals surface area contributed by atoms with E-state index in [0.29, 0.717) is 23.4 Å². The zero-order chi connectivity index (χ0) is 14.5. The van der Waals surface area contributed by atoms with Crippen LogP contribution >= 0.6 is 15.9 Å². The first kappa shape index (κ1) is 15.7. The van der Waals surface area contributed by atoms with E-state index < -0.39 is 0 Å². The van der Waals surface area contributed by atoms with Gasteiger partial charge in [-0.05, 0) is 18.6 Å². The Morgan fingerprint density at radius 1 is 1.45 bits per heavy atom. The van der Waals surface area contributed by atoms with Crippen LogP contribution in [0.4, 0.5) is 4.39 Å². The van der Waals surface area contributed by atoms with Crippen molar-refractivity contribution in [2.75, 3.05) is 33.4 Å². The maximum atomic E-state index is 13.2. The topological polar surface area (TPSA) is 41.9 Å². The maximum Gasteiger partial charge on any atom is 0.128 e. The highest BCUT2D eigenvalue weighted by Gasteiger charge is 2.31. The Hall–Kier alpha value is -0.690. The predicted molar refractivity (Wildman–Crippen MR) is 77.5 cm³/mol. The van der Waals surface area contributed by atoms with E-state index >= 15 is 0 Å². The van der Waals surface area contributed by atoms with E-state index in [2.05, 4.69) is 20.8 Å². The fraction of sp³-hybridized carbons (Fsp3) is 0.571. The van der Waals surface area contributed by atoms with Crippen LogP contribution in [0.25, 0.3) is 0 Å². The summed E-state index contributed by atoms with van der Waals surface area (Å²) in [5, 5.41) is 9.35. The number of hydrogen-bond acceptors (Lipinski definition) is 4. The summed E-state index contributed by atoms with van der Waals surface area (Å²) in [5.74, 6) is 0.170. The van der Waals surface area contributed by atoms with Crippen LogP contribution in [0.5, 0.6) is 5.75 Å². The minimum absolute atomic E-state index is 0.114. The second kappa shape index (κ2) is 7.36. The van der Waals surface area contributed by atoms with Crippen LogP contribution in [-0.4, -0.2) is 55.6 Å². The van der Waals surface area contributed by atoms with Gasteiger partial charge in [-0.1, -0.05) is 15.9 Å². The number of nitrogens with zero attached hydrogens (tertiary/aromatic N) is 1. The molecular formula is C14H19BrFNO3. The molecule has 4 nitrogen and oxygen atoms in total. The molecule has 0 unspecified atom stereocenters. The minimum Gasteiger partial charge on any atom is -0.492 e. The molecule has 1 aliphatic heterocycles. The van der Waals surface area contributed by atoms with Gasteiger partial charge in [0.2, 0.25) is 0 Å². The molecule has 2 rings (SSSR count). The van der Waals surface area contributed by atoms with Crippen LogP contribution in [0.2, 0.25) is 0 Å². The Balaban J connectivity index is 1.83. The molecule has 6 heteroatoms. The van der Waals surface area contributed by atoms with Crippen molar-refractivity contribution in [1.29, 1.82) is 0 Å². The van der Waals surface area contributed by atoms with E-state index in [1.807, 2.05) is 0 Å². The van der Waals surface area contributed by atoms with E-state index in [4.69, 9.17) is 9.47 Å². The summed E-state index contributed by atoms with van der Waals surface area (Å²) < 4.78 is 24.7. The Labute approximate surface area is 126 Å². The van der Waals surface area contributed by atoms with Crippen LogP contribution in [0.15, 0.2) is 22.7 Å². The summed E-state index contributed by atoms with van der Waals surface area (Å²) in [6.45, 7) is 2.03. The number of aliphatic hydroxyl groups excluding tert-OH is 1. The van der Waals surface area contributed by atoms with Gasteiger partial charge in [0.05, 0.1) is 12.7 Å². The number of benzene rings is 1. The predicted octanol–water partition coefficient (Wildman–Crippen LogP) is 2.05. The number of hydrogen-bond donors (Lipinski definition) is 1. The van der Waals surface area contributed by atoms with E-state index in [0.717, 1.165) is 13.0 Å². The molecule has 1 heterocycles. The molecule has 1 saturated heterocycles. The van der Waals surface area contributed by atoms with Gasteiger partial charge in [0.15, 0.2) is 0 Å². The second-order valence-corrected chi connectivity index (χ2v) is 5.79. The number of ether oxygens (including phenoxy) is 2. The summed E-state index contributed by atoms with van der Waals surface area (Å²) in [5.41, 5.74) is 0. The lowest BCUT2D eigenvalue weighted by atomic mass is 10.2. The van der Waals surface area contributed by atoms with Gasteiger partial charge in [-0.3, -0.25) is 4.90 Å². The number of rotatable bonds is 6. The Morgan fingerprint density at radius 2 is 2.25 bits per heavy atom. The van der Waals surface area contributed by atoms with Gasteiger partial charge < -0.3 is 14.6 Å². The molecule has 1 N–H and O–H groups in total. The molecule has 0 spiro atoms. The highest BCUT2D eigenvalue weighted by molar-refractivity contribution is 9.10. The third-order valence-corrected chi connectivity index (χ3v) is 3.97. The number of aliphatic hydroxyl groups is 1. The van der Waals surface area contributed by atoms with E-state index in [1.165, 1.54) is 12.1 Å². The van der Waals surface area contributed by atoms with Gasteiger partial charge in [-0.15, -0.1) is 0 Å². The van der Waals surface area contributed by atoms with Gasteiger partial charge in [-0.25, -0.2) is 4.39 Å². The SMILES string of the molecule is CO[C@@H]1C[C@@H](CO)N(CCOc2cc(F)cc(Br)c2)C1. The van der Waals surface area contributed by atoms with Gasteiger partial charge in [0.25, 0.3) is 0 Å². The fourth-order valence-corrected chi connectivity index (χ4v) is 2.91. The smallest absolute Gasteiger partial charge is 0.128 e. The summed E-state index contributed by atoms with van der Waals surface area (Å²) in [7, 11) is 1.68. The van der Waals surface area contributed by atoms with Gasteiger partial charge >= 0.3 is 0 Å². The van der Waals surface area contributed by atoms with Gasteiger partial charge in [-0.2, -0.15) is 0 Å². The third-order valence-electron chi connectivity index (χ3n) is 3.52. The van der Waals surface area contributed by atoms with Crippen molar-refractivity contribution in [3.05, 3.63) is 28.5 Å².